The van der Waals surface area contributed by atoms with Crippen LogP contribution in [0.3, 0.4) is 0 Å². The molecule has 2 N–H and O–H groups in total. The molecule has 224 valence electrons. The average molecular weight is 569 g/mol. The van der Waals surface area contributed by atoms with Crippen molar-refractivity contribution in [2.45, 2.75) is 84.4 Å². The van der Waals surface area contributed by atoms with Gasteiger partial charge in [0.25, 0.3) is 0 Å². The number of carboxylic acid groups (broad SMARTS) is 1. The largest absolute Gasteiger partial charge is 0.493 e. The fourth-order valence-electron chi connectivity index (χ4n) is 5.32. The lowest BCUT2D eigenvalue weighted by Gasteiger charge is -2.45. The van der Waals surface area contributed by atoms with Crippen LogP contribution in [0.25, 0.3) is 0 Å². The highest BCUT2D eigenvalue weighted by Gasteiger charge is 2.53. The molecular weight excluding hydrogens is 524 g/mol. The summed E-state index contributed by atoms with van der Waals surface area (Å²) in [5.41, 5.74) is 0.945. The van der Waals surface area contributed by atoms with Crippen LogP contribution in [-0.4, -0.2) is 65.8 Å². The normalized spacial score (nSPS) is 18.6. The second kappa shape index (κ2) is 14.9. The quantitative estimate of drug-likeness (QED) is 0.194. The van der Waals surface area contributed by atoms with Crippen LogP contribution in [0, 0.1) is 0 Å². The number of ether oxygens (including phenoxy) is 3. The van der Waals surface area contributed by atoms with E-state index in [9.17, 15) is 19.5 Å². The number of rotatable bonds is 16. The predicted octanol–water partition coefficient (Wildman–Crippen LogP) is 5.80. The maximum atomic E-state index is 13.8. The van der Waals surface area contributed by atoms with Gasteiger partial charge in [0, 0.05) is 26.0 Å². The highest BCUT2D eigenvalue weighted by Crippen LogP contribution is 2.38. The Hall–Kier alpha value is -3.59. The second-order valence-electron chi connectivity index (χ2n) is 10.4. The fourth-order valence-corrected chi connectivity index (χ4v) is 5.32. The summed E-state index contributed by atoms with van der Waals surface area (Å²) in [5, 5.41) is 12.8. The minimum absolute atomic E-state index is 0.177. The van der Waals surface area contributed by atoms with Gasteiger partial charge < -0.3 is 29.5 Å². The first-order valence-corrected chi connectivity index (χ1v) is 14.6. The molecule has 2 aromatic carbocycles. The zero-order chi connectivity index (χ0) is 30.0. The molecule has 0 saturated heterocycles. The van der Waals surface area contributed by atoms with Crippen molar-refractivity contribution in [3.05, 3.63) is 59.2 Å². The number of aliphatic carboxylic acids is 1. The maximum Gasteiger partial charge on any atom is 0.329 e. The standard InChI is InChI=1S/C32H44N2O7/c1-6-39-26-20-32(21-26,30(36)37)33-31(38)34(17-13-12-16-24-14-10-9-11-15-24)22(4)25-18-27(40-7-2)29(23(5)35)28(19-25)41-8-3/h9-11,14-15,18-19,22,26H,6-8,12-13,16-17,20-21H2,1-5H3,(H,33,38)(H,36,37). The summed E-state index contributed by atoms with van der Waals surface area (Å²) >= 11 is 0. The van der Waals surface area contributed by atoms with E-state index in [1.54, 1.807) is 17.0 Å². The SMILES string of the molecule is CCOc1cc(C(C)N(CCCCc2ccccc2)C(=O)NC2(C(=O)O)CC(OCC)C2)cc(OCC)c1C(C)=O. The zero-order valence-electron chi connectivity index (χ0n) is 24.9. The number of hydrogen-bond acceptors (Lipinski definition) is 6. The molecule has 1 fully saturated rings. The Bertz CT molecular complexity index is 1150. The molecule has 0 heterocycles. The van der Waals surface area contributed by atoms with Crippen molar-refractivity contribution in [3.63, 3.8) is 0 Å². The number of nitrogens with one attached hydrogen (secondary N) is 1. The van der Waals surface area contributed by atoms with Gasteiger partial charge in [-0.15, -0.1) is 0 Å². The van der Waals surface area contributed by atoms with Gasteiger partial charge in [0.1, 0.15) is 22.6 Å². The Morgan fingerprint density at radius 2 is 1.61 bits per heavy atom. The summed E-state index contributed by atoms with van der Waals surface area (Å²) in [4.78, 5) is 40.2. The lowest BCUT2D eigenvalue weighted by molar-refractivity contribution is -0.156. The highest BCUT2D eigenvalue weighted by molar-refractivity contribution is 6.00. The van der Waals surface area contributed by atoms with Crippen molar-refractivity contribution >= 4 is 17.8 Å². The van der Waals surface area contributed by atoms with Crippen LogP contribution in [0.5, 0.6) is 11.5 Å². The van der Waals surface area contributed by atoms with E-state index in [2.05, 4.69) is 17.4 Å². The van der Waals surface area contributed by atoms with Gasteiger partial charge in [-0.3, -0.25) is 4.79 Å². The minimum Gasteiger partial charge on any atom is -0.493 e. The van der Waals surface area contributed by atoms with Crippen LogP contribution in [-0.2, 0) is 16.0 Å². The smallest absolute Gasteiger partial charge is 0.329 e. The van der Waals surface area contributed by atoms with Gasteiger partial charge in [0.15, 0.2) is 5.78 Å². The van der Waals surface area contributed by atoms with Gasteiger partial charge in [0.2, 0.25) is 0 Å². The number of carbonyl (C=O) groups is 3. The molecular formula is C32H44N2O7. The zero-order valence-corrected chi connectivity index (χ0v) is 24.9. The second-order valence-corrected chi connectivity index (χ2v) is 10.4. The first-order valence-electron chi connectivity index (χ1n) is 14.6. The molecule has 0 radical (unpaired) electrons. The van der Waals surface area contributed by atoms with Crippen LogP contribution < -0.4 is 14.8 Å². The number of hydrogen-bond donors (Lipinski definition) is 2. The number of carbonyl (C=O) groups excluding carboxylic acids is 2. The summed E-state index contributed by atoms with van der Waals surface area (Å²) in [6.45, 7) is 10.5. The Morgan fingerprint density at radius 1 is 1.00 bits per heavy atom. The summed E-state index contributed by atoms with van der Waals surface area (Å²) in [5.74, 6) is -0.444. The first kappa shape index (κ1) is 31.9. The molecule has 41 heavy (non-hydrogen) atoms. The van der Waals surface area contributed by atoms with Gasteiger partial charge in [-0.25, -0.2) is 9.59 Å². The predicted molar refractivity (Wildman–Crippen MR) is 157 cm³/mol. The van der Waals surface area contributed by atoms with E-state index in [1.165, 1.54) is 12.5 Å². The average Bonchev–Trinajstić information content (AvgIpc) is 2.91. The van der Waals surface area contributed by atoms with Gasteiger partial charge in [-0.2, -0.15) is 0 Å². The molecule has 1 unspecified atom stereocenters. The van der Waals surface area contributed by atoms with Crippen LogP contribution in [0.2, 0.25) is 0 Å². The summed E-state index contributed by atoms with van der Waals surface area (Å²) < 4.78 is 17.2. The van der Waals surface area contributed by atoms with Crippen molar-refractivity contribution < 1.29 is 33.7 Å². The Morgan fingerprint density at radius 3 is 2.12 bits per heavy atom. The first-order chi connectivity index (χ1) is 19.7. The Balaban J connectivity index is 1.89. The van der Waals surface area contributed by atoms with Crippen LogP contribution in [0.15, 0.2) is 42.5 Å². The number of nitrogens with zero attached hydrogens (tertiary/aromatic N) is 1. The van der Waals surface area contributed by atoms with E-state index in [-0.39, 0.29) is 24.7 Å². The highest BCUT2D eigenvalue weighted by atomic mass is 16.5. The van der Waals surface area contributed by atoms with E-state index in [0.29, 0.717) is 43.4 Å². The third-order valence-electron chi connectivity index (χ3n) is 7.52. The van der Waals surface area contributed by atoms with Gasteiger partial charge >= 0.3 is 12.0 Å². The van der Waals surface area contributed by atoms with Crippen molar-refractivity contribution in [1.82, 2.24) is 10.2 Å². The lowest BCUT2D eigenvalue weighted by atomic mass is 9.74. The molecule has 2 aromatic rings. The number of aryl methyl sites for hydroxylation is 1. The van der Waals surface area contributed by atoms with Crippen LogP contribution >= 0.6 is 0 Å². The maximum absolute atomic E-state index is 13.8. The van der Waals surface area contributed by atoms with Crippen molar-refractivity contribution in [2.75, 3.05) is 26.4 Å². The summed E-state index contributed by atoms with van der Waals surface area (Å²) in [7, 11) is 0. The van der Waals surface area contributed by atoms with E-state index >= 15 is 0 Å². The number of amides is 2. The van der Waals surface area contributed by atoms with Gasteiger partial charge in [0.05, 0.1) is 25.4 Å². The molecule has 2 amide bonds. The summed E-state index contributed by atoms with van der Waals surface area (Å²) in [6.07, 6.45) is 2.68. The topological polar surface area (TPSA) is 114 Å². The molecule has 1 atom stereocenters. The fraction of sp³-hybridized carbons (Fsp3) is 0.531. The molecule has 0 bridgehead atoms. The molecule has 1 saturated carbocycles. The minimum atomic E-state index is -1.37. The molecule has 1 aliphatic carbocycles. The molecule has 3 rings (SSSR count). The van der Waals surface area contributed by atoms with Gasteiger partial charge in [-0.1, -0.05) is 30.3 Å². The van der Waals surface area contributed by atoms with Crippen LogP contribution in [0.4, 0.5) is 4.79 Å². The molecule has 1 aliphatic rings. The lowest BCUT2D eigenvalue weighted by Crippen LogP contribution is -2.66. The monoisotopic (exact) mass is 568 g/mol. The van der Waals surface area contributed by atoms with Crippen molar-refractivity contribution in [3.8, 4) is 11.5 Å². The van der Waals surface area contributed by atoms with E-state index in [1.807, 2.05) is 45.9 Å². The third kappa shape index (κ3) is 8.00. The number of unbranched alkanes of at least 4 members (excludes halogenated alkanes) is 1. The Kier molecular flexibility index (Phi) is 11.6. The van der Waals surface area contributed by atoms with Crippen LogP contribution in [0.1, 0.15) is 87.8 Å². The molecule has 0 aromatic heterocycles. The molecule has 0 spiro atoms. The van der Waals surface area contributed by atoms with Crippen molar-refractivity contribution in [2.24, 2.45) is 0 Å². The van der Waals surface area contributed by atoms with Crippen molar-refractivity contribution in [1.29, 1.82) is 0 Å². The number of benzene rings is 2. The van der Waals surface area contributed by atoms with E-state index < -0.39 is 23.6 Å². The van der Waals surface area contributed by atoms with E-state index in [0.717, 1.165) is 24.8 Å². The number of Topliss-reactive ketones (excluding diaryl/α,β-unsaturated/α-hetero) is 1. The van der Waals surface area contributed by atoms with Gasteiger partial charge in [-0.05, 0) is 77.1 Å². The number of urea groups is 1. The number of ketones is 1. The Labute approximate surface area is 243 Å². The molecule has 9 heteroatoms. The number of carboxylic acids is 1. The third-order valence-corrected chi connectivity index (χ3v) is 7.52. The molecule has 0 aliphatic heterocycles. The van der Waals surface area contributed by atoms with E-state index in [4.69, 9.17) is 14.2 Å². The molecule has 9 nitrogen and oxygen atoms in total. The summed E-state index contributed by atoms with van der Waals surface area (Å²) in [6, 6.07) is 12.8.